The second-order valence-electron chi connectivity index (χ2n) is 6.44. The number of imidazole rings is 1. The summed E-state index contributed by atoms with van der Waals surface area (Å²) in [5.74, 6) is 3.74. The highest BCUT2D eigenvalue weighted by molar-refractivity contribution is 7.99. The Bertz CT molecular complexity index is 732. The molecule has 0 spiro atoms. The summed E-state index contributed by atoms with van der Waals surface area (Å²) in [4.78, 5) is 16.8. The van der Waals surface area contributed by atoms with Crippen LogP contribution < -0.4 is 10.6 Å². The number of nitrogens with zero attached hydrogens (tertiary/aromatic N) is 2. The molecule has 1 saturated carbocycles. The van der Waals surface area contributed by atoms with E-state index in [-0.39, 0.29) is 11.9 Å². The Morgan fingerprint density at radius 3 is 3.09 bits per heavy atom. The number of carbonyl (C=O) groups excluding carboxylic acids is 1. The summed E-state index contributed by atoms with van der Waals surface area (Å²) in [6, 6.07) is 6.44. The molecule has 1 aromatic carbocycles. The molecule has 2 fully saturated rings. The SMILES string of the molecule is Cn1c(C2CC2)nc2cc(CCNC(=O)C3CSCN3)ccc21. The van der Waals surface area contributed by atoms with Gasteiger partial charge in [-0.3, -0.25) is 10.1 Å². The van der Waals surface area contributed by atoms with Crippen molar-refractivity contribution in [3.05, 3.63) is 29.6 Å². The van der Waals surface area contributed by atoms with Crippen LogP contribution in [0.15, 0.2) is 18.2 Å². The zero-order valence-corrected chi connectivity index (χ0v) is 14.2. The molecule has 2 heterocycles. The molecule has 4 rings (SSSR count). The van der Waals surface area contributed by atoms with Crippen molar-refractivity contribution in [1.82, 2.24) is 20.2 Å². The first-order valence-electron chi connectivity index (χ1n) is 8.26. The van der Waals surface area contributed by atoms with E-state index in [1.165, 1.54) is 29.7 Å². The number of thioether (sulfide) groups is 1. The fourth-order valence-electron chi connectivity index (χ4n) is 3.14. The largest absolute Gasteiger partial charge is 0.354 e. The first-order chi connectivity index (χ1) is 11.2. The molecule has 1 unspecified atom stereocenters. The molecule has 23 heavy (non-hydrogen) atoms. The molecular formula is C17H22N4OS. The van der Waals surface area contributed by atoms with Crippen molar-refractivity contribution >= 4 is 28.7 Å². The Morgan fingerprint density at radius 2 is 2.35 bits per heavy atom. The molecule has 122 valence electrons. The third-order valence-electron chi connectivity index (χ3n) is 4.67. The Morgan fingerprint density at radius 1 is 1.48 bits per heavy atom. The zero-order valence-electron chi connectivity index (χ0n) is 13.3. The van der Waals surface area contributed by atoms with Crippen LogP contribution in [0.1, 0.15) is 30.1 Å². The Kier molecular flexibility index (Phi) is 4.03. The van der Waals surface area contributed by atoms with Gasteiger partial charge in [0, 0.05) is 31.1 Å². The first kappa shape index (κ1) is 15.0. The molecule has 2 aliphatic rings. The average Bonchev–Trinajstić information content (AvgIpc) is 3.13. The predicted molar refractivity (Wildman–Crippen MR) is 93.7 cm³/mol. The first-order valence-corrected chi connectivity index (χ1v) is 9.42. The number of amides is 1. The number of carbonyl (C=O) groups is 1. The number of aryl methyl sites for hydroxylation is 1. The van der Waals surface area contributed by atoms with Gasteiger partial charge >= 0.3 is 0 Å². The van der Waals surface area contributed by atoms with Crippen molar-refractivity contribution < 1.29 is 4.79 Å². The standard InChI is InChI=1S/C17H22N4OS/c1-21-15-5-2-11(8-13(15)20-16(21)12-3-4-12)6-7-18-17(22)14-9-23-10-19-14/h2,5,8,12,14,19H,3-4,6-7,9-10H2,1H3,(H,18,22). The highest BCUT2D eigenvalue weighted by Gasteiger charge is 2.28. The van der Waals surface area contributed by atoms with Crippen LogP contribution in [-0.4, -0.2) is 39.7 Å². The Hall–Kier alpha value is -1.53. The lowest BCUT2D eigenvalue weighted by Gasteiger charge is -2.10. The molecule has 1 atom stereocenters. The number of hydrogen-bond acceptors (Lipinski definition) is 4. The molecule has 2 N–H and O–H groups in total. The molecule has 1 aromatic heterocycles. The van der Waals surface area contributed by atoms with Crippen LogP contribution in [0.4, 0.5) is 0 Å². The molecule has 2 aromatic rings. The quantitative estimate of drug-likeness (QED) is 0.877. The van der Waals surface area contributed by atoms with E-state index in [1.807, 2.05) is 0 Å². The molecular weight excluding hydrogens is 308 g/mol. The van der Waals surface area contributed by atoms with Crippen molar-refractivity contribution in [2.24, 2.45) is 7.05 Å². The van der Waals surface area contributed by atoms with Crippen LogP contribution in [0, 0.1) is 0 Å². The van der Waals surface area contributed by atoms with E-state index in [2.05, 4.69) is 40.4 Å². The monoisotopic (exact) mass is 330 g/mol. The molecule has 0 radical (unpaired) electrons. The van der Waals surface area contributed by atoms with Crippen molar-refractivity contribution in [3.63, 3.8) is 0 Å². The highest BCUT2D eigenvalue weighted by atomic mass is 32.2. The van der Waals surface area contributed by atoms with Gasteiger partial charge in [0.1, 0.15) is 5.82 Å². The summed E-state index contributed by atoms with van der Waals surface area (Å²) in [5, 5.41) is 6.22. The van der Waals surface area contributed by atoms with Gasteiger partial charge in [-0.05, 0) is 37.0 Å². The minimum atomic E-state index is -0.0284. The molecule has 1 aliphatic carbocycles. The van der Waals surface area contributed by atoms with Gasteiger partial charge in [-0.1, -0.05) is 6.07 Å². The van der Waals surface area contributed by atoms with E-state index >= 15 is 0 Å². The second kappa shape index (κ2) is 6.17. The summed E-state index contributed by atoms with van der Waals surface area (Å²) in [5.41, 5.74) is 3.51. The Labute approximate surface area is 140 Å². The zero-order chi connectivity index (χ0) is 15.8. The topological polar surface area (TPSA) is 59.0 Å². The van der Waals surface area contributed by atoms with Gasteiger partial charge in [-0.2, -0.15) is 0 Å². The molecule has 5 nitrogen and oxygen atoms in total. The highest BCUT2D eigenvalue weighted by Crippen LogP contribution is 2.40. The van der Waals surface area contributed by atoms with Gasteiger partial charge < -0.3 is 9.88 Å². The van der Waals surface area contributed by atoms with Crippen LogP contribution in [-0.2, 0) is 18.3 Å². The number of aromatic nitrogens is 2. The van der Waals surface area contributed by atoms with E-state index in [4.69, 9.17) is 4.98 Å². The smallest absolute Gasteiger partial charge is 0.238 e. The lowest BCUT2D eigenvalue weighted by Crippen LogP contribution is -2.42. The minimum absolute atomic E-state index is 0.0284. The van der Waals surface area contributed by atoms with Crippen molar-refractivity contribution in [1.29, 1.82) is 0 Å². The van der Waals surface area contributed by atoms with E-state index in [9.17, 15) is 4.79 Å². The minimum Gasteiger partial charge on any atom is -0.354 e. The van der Waals surface area contributed by atoms with Crippen LogP contribution in [0.2, 0.25) is 0 Å². The molecule has 0 bridgehead atoms. The molecule has 1 saturated heterocycles. The Balaban J connectivity index is 1.40. The fraction of sp³-hybridized carbons (Fsp3) is 0.529. The third-order valence-corrected chi connectivity index (χ3v) is 5.61. The molecule has 1 amide bonds. The van der Waals surface area contributed by atoms with Gasteiger partial charge in [0.25, 0.3) is 0 Å². The van der Waals surface area contributed by atoms with E-state index < -0.39 is 0 Å². The average molecular weight is 330 g/mol. The van der Waals surface area contributed by atoms with Crippen LogP contribution >= 0.6 is 11.8 Å². The third kappa shape index (κ3) is 3.10. The van der Waals surface area contributed by atoms with Crippen LogP contribution in [0.25, 0.3) is 11.0 Å². The molecule has 1 aliphatic heterocycles. The molecule has 6 heteroatoms. The van der Waals surface area contributed by atoms with Gasteiger partial charge in [-0.25, -0.2) is 4.98 Å². The number of rotatable bonds is 5. The lowest BCUT2D eigenvalue weighted by atomic mass is 10.1. The summed E-state index contributed by atoms with van der Waals surface area (Å²) in [6.07, 6.45) is 3.38. The van der Waals surface area contributed by atoms with E-state index in [1.54, 1.807) is 11.8 Å². The second-order valence-corrected chi connectivity index (χ2v) is 7.47. The van der Waals surface area contributed by atoms with Crippen LogP contribution in [0.3, 0.4) is 0 Å². The van der Waals surface area contributed by atoms with Gasteiger partial charge in [0.2, 0.25) is 5.91 Å². The maximum absolute atomic E-state index is 12.0. The fourth-order valence-corrected chi connectivity index (χ4v) is 4.08. The number of benzene rings is 1. The normalized spacial score (nSPS) is 21.0. The summed E-state index contributed by atoms with van der Waals surface area (Å²) in [6.45, 7) is 0.676. The van der Waals surface area contributed by atoms with Crippen molar-refractivity contribution in [3.8, 4) is 0 Å². The maximum atomic E-state index is 12.0. The predicted octanol–water partition coefficient (Wildman–Crippen LogP) is 1.77. The van der Waals surface area contributed by atoms with Crippen LogP contribution in [0.5, 0.6) is 0 Å². The summed E-state index contributed by atoms with van der Waals surface area (Å²) >= 11 is 1.77. The van der Waals surface area contributed by atoms with Crippen molar-refractivity contribution in [2.75, 3.05) is 18.2 Å². The van der Waals surface area contributed by atoms with Crippen molar-refractivity contribution in [2.45, 2.75) is 31.2 Å². The summed E-state index contributed by atoms with van der Waals surface area (Å²) < 4.78 is 2.22. The van der Waals surface area contributed by atoms with Gasteiger partial charge in [-0.15, -0.1) is 11.8 Å². The maximum Gasteiger partial charge on any atom is 0.238 e. The van der Waals surface area contributed by atoms with E-state index in [0.717, 1.165) is 23.6 Å². The van der Waals surface area contributed by atoms with Gasteiger partial charge in [0.15, 0.2) is 0 Å². The number of nitrogens with one attached hydrogen (secondary N) is 2. The van der Waals surface area contributed by atoms with E-state index in [0.29, 0.717) is 12.5 Å². The van der Waals surface area contributed by atoms with Gasteiger partial charge in [0.05, 0.1) is 17.1 Å². The number of hydrogen-bond donors (Lipinski definition) is 2. The number of fused-ring (bicyclic) bond motifs is 1. The summed E-state index contributed by atoms with van der Waals surface area (Å²) in [7, 11) is 2.11. The lowest BCUT2D eigenvalue weighted by molar-refractivity contribution is -0.122.